The molecule has 0 saturated heterocycles. The van der Waals surface area contributed by atoms with Gasteiger partial charge >= 0.3 is 0 Å². The Morgan fingerprint density at radius 1 is 0.842 bits per heavy atom. The summed E-state index contributed by atoms with van der Waals surface area (Å²) in [6.07, 6.45) is 0.384. The smallest absolute Gasteiger partial charge is 0.227 e. The molecule has 0 aliphatic heterocycles. The molecule has 0 bridgehead atoms. The number of halogens is 2. The Morgan fingerprint density at radius 2 is 1.45 bits per heavy atom. The van der Waals surface area contributed by atoms with Crippen LogP contribution in [0.4, 0.5) is 14.6 Å². The van der Waals surface area contributed by atoms with Gasteiger partial charge in [0.25, 0.3) is 0 Å². The molecule has 0 unspecified atom stereocenters. The average Bonchev–Trinajstić information content (AvgIpc) is 3.24. The van der Waals surface area contributed by atoms with Gasteiger partial charge in [-0.05, 0) is 49.4 Å². The van der Waals surface area contributed by atoms with Crippen molar-refractivity contribution in [3.8, 4) is 0 Å². The zero-order chi connectivity index (χ0) is 28.3. The molecule has 0 atom stereocenters. The van der Waals surface area contributed by atoms with Crippen LogP contribution in [0.3, 0.4) is 0 Å². The maximum absolute atomic E-state index is 13.9. The van der Waals surface area contributed by atoms with E-state index in [4.69, 9.17) is 5.10 Å². The molecule has 2 N–H and O–H groups in total. The van der Waals surface area contributed by atoms with Crippen molar-refractivity contribution in [2.45, 2.75) is 77.7 Å². The fraction of sp³-hybridized carbons (Fsp3) is 0.433. The number of carbonyl (C=O) groups excluding carboxylic acids is 2. The summed E-state index contributed by atoms with van der Waals surface area (Å²) in [4.78, 5) is 25.3. The van der Waals surface area contributed by atoms with E-state index in [0.717, 1.165) is 11.6 Å². The van der Waals surface area contributed by atoms with Crippen LogP contribution in [0.2, 0.25) is 0 Å². The van der Waals surface area contributed by atoms with Gasteiger partial charge in [-0.1, -0.05) is 58.0 Å². The van der Waals surface area contributed by atoms with Gasteiger partial charge in [-0.15, -0.1) is 0 Å². The fourth-order valence-corrected chi connectivity index (χ4v) is 4.33. The molecule has 0 radical (unpaired) electrons. The number of amides is 2. The van der Waals surface area contributed by atoms with Gasteiger partial charge in [0.2, 0.25) is 11.8 Å². The van der Waals surface area contributed by atoms with Gasteiger partial charge in [0.15, 0.2) is 0 Å². The molecule has 38 heavy (non-hydrogen) atoms. The van der Waals surface area contributed by atoms with Crippen molar-refractivity contribution in [2.75, 3.05) is 11.9 Å². The standard InChI is InChI=1S/C30H38F2N4O2/c1-28(2,3)36-25(18-24(35-36)30(6,7)21-15-22(31)17-23(32)16-21)34-26(37)13-14-33-27(38)19-29(4,5)20-11-9-8-10-12-20/h8-12,15-18H,13-14,19H2,1-7H3,(H,33,38)(H,34,37). The molecule has 3 rings (SSSR count). The minimum absolute atomic E-state index is 0.0840. The highest BCUT2D eigenvalue weighted by Crippen LogP contribution is 2.34. The first kappa shape index (κ1) is 29.0. The van der Waals surface area contributed by atoms with Crippen LogP contribution in [-0.2, 0) is 26.0 Å². The van der Waals surface area contributed by atoms with Crippen molar-refractivity contribution in [3.05, 3.63) is 83.1 Å². The van der Waals surface area contributed by atoms with Crippen LogP contribution >= 0.6 is 0 Å². The molecule has 2 aromatic carbocycles. The lowest BCUT2D eigenvalue weighted by atomic mass is 9.81. The van der Waals surface area contributed by atoms with Crippen LogP contribution in [0.5, 0.6) is 0 Å². The Hall–Kier alpha value is -3.55. The predicted octanol–water partition coefficient (Wildman–Crippen LogP) is 6.05. The molecule has 0 saturated carbocycles. The summed E-state index contributed by atoms with van der Waals surface area (Å²) < 4.78 is 29.5. The first-order chi connectivity index (χ1) is 17.6. The summed E-state index contributed by atoms with van der Waals surface area (Å²) in [6, 6.07) is 15.0. The first-order valence-corrected chi connectivity index (χ1v) is 12.8. The number of rotatable bonds is 9. The number of nitrogens with zero attached hydrogens (tertiary/aromatic N) is 2. The van der Waals surface area contributed by atoms with E-state index in [9.17, 15) is 18.4 Å². The number of aromatic nitrogens is 2. The van der Waals surface area contributed by atoms with E-state index in [0.29, 0.717) is 23.5 Å². The normalized spacial score (nSPS) is 12.3. The minimum atomic E-state index is -0.821. The highest BCUT2D eigenvalue weighted by molar-refractivity contribution is 5.90. The highest BCUT2D eigenvalue weighted by atomic mass is 19.1. The Balaban J connectivity index is 1.67. The predicted molar refractivity (Wildman–Crippen MR) is 146 cm³/mol. The van der Waals surface area contributed by atoms with Gasteiger partial charge in [-0.25, -0.2) is 13.5 Å². The highest BCUT2D eigenvalue weighted by Gasteiger charge is 2.31. The number of hydrogen-bond acceptors (Lipinski definition) is 3. The van der Waals surface area contributed by atoms with Crippen molar-refractivity contribution in [2.24, 2.45) is 0 Å². The number of hydrogen-bond donors (Lipinski definition) is 2. The van der Waals surface area contributed by atoms with E-state index < -0.39 is 22.6 Å². The third-order valence-corrected chi connectivity index (χ3v) is 6.67. The number of carbonyl (C=O) groups is 2. The van der Waals surface area contributed by atoms with Crippen LogP contribution in [0, 0.1) is 11.6 Å². The molecule has 3 aromatic rings. The third kappa shape index (κ3) is 7.05. The monoisotopic (exact) mass is 524 g/mol. The second-order valence-corrected chi connectivity index (χ2v) is 11.9. The van der Waals surface area contributed by atoms with E-state index in [1.54, 1.807) is 10.7 Å². The molecule has 1 aromatic heterocycles. The second-order valence-electron chi connectivity index (χ2n) is 11.9. The lowest BCUT2D eigenvalue weighted by molar-refractivity contribution is -0.122. The molecule has 0 spiro atoms. The van der Waals surface area contributed by atoms with Crippen molar-refractivity contribution in [1.82, 2.24) is 15.1 Å². The number of nitrogens with one attached hydrogen (secondary N) is 2. The van der Waals surface area contributed by atoms with E-state index in [-0.39, 0.29) is 30.2 Å². The summed E-state index contributed by atoms with van der Waals surface area (Å²) in [5, 5.41) is 10.4. The Kier molecular flexibility index (Phi) is 8.44. The van der Waals surface area contributed by atoms with Crippen LogP contribution in [-0.4, -0.2) is 28.1 Å². The summed E-state index contributed by atoms with van der Waals surface area (Å²) in [5.74, 6) is -1.26. The van der Waals surface area contributed by atoms with Crippen LogP contribution in [0.25, 0.3) is 0 Å². The fourth-order valence-electron chi connectivity index (χ4n) is 4.33. The van der Waals surface area contributed by atoms with Crippen molar-refractivity contribution >= 4 is 17.6 Å². The van der Waals surface area contributed by atoms with Gasteiger partial charge in [0.05, 0.1) is 11.2 Å². The van der Waals surface area contributed by atoms with Gasteiger partial charge in [0, 0.05) is 36.9 Å². The summed E-state index contributed by atoms with van der Waals surface area (Å²) in [5.41, 5.74) is 0.445. The van der Waals surface area contributed by atoms with E-state index >= 15 is 0 Å². The van der Waals surface area contributed by atoms with E-state index in [1.165, 1.54) is 12.1 Å². The zero-order valence-corrected chi connectivity index (χ0v) is 23.3. The Morgan fingerprint density at radius 3 is 2.03 bits per heavy atom. The molecule has 6 nitrogen and oxygen atoms in total. The van der Waals surface area contributed by atoms with Crippen LogP contribution in [0.1, 0.15) is 78.1 Å². The molecule has 2 amide bonds. The zero-order valence-electron chi connectivity index (χ0n) is 23.3. The Bertz CT molecular complexity index is 1270. The summed E-state index contributed by atoms with van der Waals surface area (Å²) >= 11 is 0. The van der Waals surface area contributed by atoms with Gasteiger partial charge in [-0.2, -0.15) is 5.10 Å². The topological polar surface area (TPSA) is 76.0 Å². The van der Waals surface area contributed by atoms with Crippen molar-refractivity contribution in [1.29, 1.82) is 0 Å². The summed E-state index contributed by atoms with van der Waals surface area (Å²) in [7, 11) is 0. The minimum Gasteiger partial charge on any atom is -0.356 e. The molecule has 204 valence electrons. The molecule has 0 fully saturated rings. The number of anilines is 1. The molecule has 1 heterocycles. The average molecular weight is 525 g/mol. The van der Waals surface area contributed by atoms with E-state index in [1.807, 2.05) is 78.8 Å². The van der Waals surface area contributed by atoms with Crippen molar-refractivity contribution in [3.63, 3.8) is 0 Å². The van der Waals surface area contributed by atoms with E-state index in [2.05, 4.69) is 10.6 Å². The van der Waals surface area contributed by atoms with Gasteiger partial charge < -0.3 is 10.6 Å². The first-order valence-electron chi connectivity index (χ1n) is 12.8. The SMILES string of the molecule is CC(C)(CC(=O)NCCC(=O)Nc1cc(C(C)(C)c2cc(F)cc(F)c2)nn1C(C)(C)C)c1ccccc1. The van der Waals surface area contributed by atoms with Gasteiger partial charge in [0.1, 0.15) is 17.5 Å². The van der Waals surface area contributed by atoms with Crippen LogP contribution in [0.15, 0.2) is 54.6 Å². The summed E-state index contributed by atoms with van der Waals surface area (Å²) in [6.45, 7) is 13.7. The molecular weight excluding hydrogens is 486 g/mol. The third-order valence-electron chi connectivity index (χ3n) is 6.67. The quantitative estimate of drug-likeness (QED) is 0.358. The Labute approximate surface area is 223 Å². The number of benzene rings is 2. The lowest BCUT2D eigenvalue weighted by Gasteiger charge is -2.25. The molecular formula is C30H38F2N4O2. The second kappa shape index (κ2) is 11.1. The maximum atomic E-state index is 13.9. The maximum Gasteiger partial charge on any atom is 0.227 e. The molecule has 0 aliphatic rings. The van der Waals surface area contributed by atoms with Gasteiger partial charge in [-0.3, -0.25) is 9.59 Å². The lowest BCUT2D eigenvalue weighted by Crippen LogP contribution is -2.33. The largest absolute Gasteiger partial charge is 0.356 e. The molecule has 8 heteroatoms. The molecule has 0 aliphatic carbocycles. The van der Waals surface area contributed by atoms with Crippen molar-refractivity contribution < 1.29 is 18.4 Å². The van der Waals surface area contributed by atoms with Crippen LogP contribution < -0.4 is 10.6 Å².